The molecule has 0 spiro atoms. The van der Waals surface area contributed by atoms with Crippen molar-refractivity contribution < 1.29 is 4.79 Å². The summed E-state index contributed by atoms with van der Waals surface area (Å²) in [4.78, 5) is 25.9. The number of pyridine rings is 2. The van der Waals surface area contributed by atoms with Crippen LogP contribution in [0.25, 0.3) is 0 Å². The second kappa shape index (κ2) is 8.28. The number of fused-ring (bicyclic) bond motifs is 2. The molecule has 1 aliphatic heterocycles. The second-order valence-corrected chi connectivity index (χ2v) is 8.56. The van der Waals surface area contributed by atoms with E-state index in [0.717, 1.165) is 24.1 Å². The molecule has 4 rings (SSSR count). The summed E-state index contributed by atoms with van der Waals surface area (Å²) in [6, 6.07) is 14.0. The summed E-state index contributed by atoms with van der Waals surface area (Å²) in [6.07, 6.45) is 3.58. The van der Waals surface area contributed by atoms with Gasteiger partial charge in [-0.2, -0.15) is 0 Å². The topological polar surface area (TPSA) is 49.3 Å². The lowest BCUT2D eigenvalue weighted by Gasteiger charge is -2.23. The minimum atomic E-state index is -0.0927. The molecule has 1 aromatic carbocycles. The first kappa shape index (κ1) is 20.1. The Bertz CT molecular complexity index is 1090. The summed E-state index contributed by atoms with van der Waals surface area (Å²) in [5.41, 5.74) is 3.62. The molecular weight excluding hydrogens is 499 g/mol. The predicted molar refractivity (Wildman–Crippen MR) is 125 cm³/mol. The van der Waals surface area contributed by atoms with Crippen LogP contribution < -0.4 is 9.80 Å². The fraction of sp³-hybridized carbons (Fsp3) is 0.227. The first-order valence-electron chi connectivity index (χ1n) is 9.43. The molecular formula is C22H20ClIN4O. The molecule has 0 radical (unpaired) electrons. The van der Waals surface area contributed by atoms with Crippen LogP contribution in [0, 0.1) is 3.57 Å². The lowest BCUT2D eigenvalue weighted by molar-refractivity contribution is 0.0994. The van der Waals surface area contributed by atoms with E-state index in [0.29, 0.717) is 28.9 Å². The predicted octanol–water partition coefficient (Wildman–Crippen LogP) is 5.27. The van der Waals surface area contributed by atoms with Crippen LogP contribution in [0.4, 0.5) is 17.3 Å². The highest BCUT2D eigenvalue weighted by Crippen LogP contribution is 2.38. The molecule has 0 atom stereocenters. The molecule has 3 aromatic rings. The Balaban J connectivity index is 1.71. The number of benzene rings is 1. The maximum absolute atomic E-state index is 13.2. The molecule has 0 aliphatic carbocycles. The minimum Gasteiger partial charge on any atom is -0.309 e. The van der Waals surface area contributed by atoms with E-state index in [1.54, 1.807) is 18.0 Å². The third kappa shape index (κ3) is 3.96. The number of halogens is 2. The highest BCUT2D eigenvalue weighted by atomic mass is 127. The normalized spacial score (nSPS) is 13.2. The summed E-state index contributed by atoms with van der Waals surface area (Å²) in [6.45, 7) is 2.64. The summed E-state index contributed by atoms with van der Waals surface area (Å²) in [5.74, 6) is 1.18. The molecule has 0 fully saturated rings. The maximum atomic E-state index is 13.2. The smallest absolute Gasteiger partial charge is 0.261 e. The Morgan fingerprint density at radius 3 is 2.62 bits per heavy atom. The number of amides is 1. The first-order valence-corrected chi connectivity index (χ1v) is 10.9. The average Bonchev–Trinajstić information content (AvgIpc) is 2.80. The lowest BCUT2D eigenvalue weighted by atomic mass is 10.0. The van der Waals surface area contributed by atoms with Gasteiger partial charge in [0.2, 0.25) is 0 Å². The monoisotopic (exact) mass is 518 g/mol. The molecule has 5 nitrogen and oxygen atoms in total. The number of carbonyl (C=O) groups is 1. The Morgan fingerprint density at radius 2 is 1.86 bits per heavy atom. The molecule has 1 aliphatic rings. The zero-order valence-corrected chi connectivity index (χ0v) is 19.1. The molecule has 0 N–H and O–H groups in total. The molecule has 0 unspecified atom stereocenters. The van der Waals surface area contributed by atoms with E-state index < -0.39 is 0 Å². The molecule has 148 valence electrons. The van der Waals surface area contributed by atoms with Crippen molar-refractivity contribution in [2.24, 2.45) is 0 Å². The number of hydrogen-bond donors (Lipinski definition) is 0. The van der Waals surface area contributed by atoms with Gasteiger partial charge in [-0.25, -0.2) is 9.97 Å². The van der Waals surface area contributed by atoms with Gasteiger partial charge in [-0.3, -0.25) is 4.79 Å². The molecule has 2 aromatic heterocycles. The van der Waals surface area contributed by atoms with E-state index in [1.165, 1.54) is 9.13 Å². The van der Waals surface area contributed by atoms with Crippen LogP contribution in [0.1, 0.15) is 28.4 Å². The van der Waals surface area contributed by atoms with Crippen molar-refractivity contribution in [3.8, 4) is 0 Å². The van der Waals surface area contributed by atoms with Gasteiger partial charge in [-0.05, 0) is 83.8 Å². The van der Waals surface area contributed by atoms with Gasteiger partial charge < -0.3 is 9.80 Å². The van der Waals surface area contributed by atoms with Gasteiger partial charge in [-0.15, -0.1) is 0 Å². The molecule has 0 saturated carbocycles. The highest BCUT2D eigenvalue weighted by molar-refractivity contribution is 14.1. The van der Waals surface area contributed by atoms with Crippen molar-refractivity contribution in [1.82, 2.24) is 9.97 Å². The van der Waals surface area contributed by atoms with Crippen LogP contribution in [0.3, 0.4) is 0 Å². The van der Waals surface area contributed by atoms with Crippen molar-refractivity contribution in [3.63, 3.8) is 0 Å². The van der Waals surface area contributed by atoms with Crippen molar-refractivity contribution >= 4 is 57.4 Å². The average molecular weight is 519 g/mol. The van der Waals surface area contributed by atoms with Gasteiger partial charge in [0, 0.05) is 23.4 Å². The third-order valence-electron chi connectivity index (χ3n) is 5.06. The van der Waals surface area contributed by atoms with Crippen molar-refractivity contribution in [1.29, 1.82) is 0 Å². The minimum absolute atomic E-state index is 0.0927. The number of aryl methyl sites for hydroxylation is 2. The Hall–Kier alpha value is -2.19. The Morgan fingerprint density at radius 1 is 1.07 bits per heavy atom. The zero-order chi connectivity index (χ0) is 20.5. The number of aromatic nitrogens is 2. The Labute approximate surface area is 188 Å². The third-order valence-corrected chi connectivity index (χ3v) is 5.94. The quantitative estimate of drug-likeness (QED) is 0.349. The van der Waals surface area contributed by atoms with Crippen LogP contribution in [-0.4, -0.2) is 29.5 Å². The number of rotatable bonds is 4. The van der Waals surface area contributed by atoms with Crippen molar-refractivity contribution in [3.05, 3.63) is 74.1 Å². The molecule has 0 bridgehead atoms. The van der Waals surface area contributed by atoms with Gasteiger partial charge >= 0.3 is 0 Å². The van der Waals surface area contributed by atoms with Gasteiger partial charge in [0.15, 0.2) is 5.82 Å². The van der Waals surface area contributed by atoms with E-state index in [9.17, 15) is 4.79 Å². The van der Waals surface area contributed by atoms with Crippen LogP contribution in [-0.2, 0) is 12.8 Å². The van der Waals surface area contributed by atoms with Gasteiger partial charge in [0.1, 0.15) is 11.0 Å². The first-order chi connectivity index (χ1) is 14.0. The summed E-state index contributed by atoms with van der Waals surface area (Å²) in [7, 11) is 1.76. The molecule has 29 heavy (non-hydrogen) atoms. The molecule has 7 heteroatoms. The highest BCUT2D eigenvalue weighted by Gasteiger charge is 2.30. The van der Waals surface area contributed by atoms with E-state index in [2.05, 4.69) is 56.8 Å². The van der Waals surface area contributed by atoms with Gasteiger partial charge in [0.05, 0.1) is 11.3 Å². The van der Waals surface area contributed by atoms with E-state index in [-0.39, 0.29) is 5.91 Å². The van der Waals surface area contributed by atoms with Crippen molar-refractivity contribution in [2.75, 3.05) is 23.4 Å². The Kier molecular flexibility index (Phi) is 5.74. The van der Waals surface area contributed by atoms with Crippen LogP contribution in [0.5, 0.6) is 0 Å². The summed E-state index contributed by atoms with van der Waals surface area (Å²) in [5, 5.41) is 0.389. The summed E-state index contributed by atoms with van der Waals surface area (Å²) >= 11 is 8.46. The number of hydrogen-bond acceptors (Lipinski definition) is 4. The largest absolute Gasteiger partial charge is 0.309 e. The van der Waals surface area contributed by atoms with Crippen LogP contribution >= 0.6 is 34.2 Å². The van der Waals surface area contributed by atoms with E-state index in [4.69, 9.17) is 11.6 Å². The second-order valence-electron chi connectivity index (χ2n) is 6.93. The number of nitrogens with zero attached hydrogens (tertiary/aromatic N) is 4. The number of anilines is 3. The maximum Gasteiger partial charge on any atom is 0.261 e. The SMILES string of the molecule is CCN1c2ncc(CCc3cccc(I)c3)cc2C(=O)N(C)c2ccc(Cl)nc21. The lowest BCUT2D eigenvalue weighted by Crippen LogP contribution is -2.25. The number of carbonyl (C=O) groups excluding carboxylic acids is 1. The fourth-order valence-corrected chi connectivity index (χ4v) is 4.31. The van der Waals surface area contributed by atoms with E-state index in [1.807, 2.05) is 30.2 Å². The summed E-state index contributed by atoms with van der Waals surface area (Å²) < 4.78 is 1.22. The molecule has 3 heterocycles. The molecule has 0 saturated heterocycles. The standard InChI is InChI=1S/C22H20ClIN4O/c1-3-28-20-17(22(29)27(2)18-9-10-19(23)26-21(18)28)12-15(13-25-20)8-7-14-5-4-6-16(24)11-14/h4-6,9-13H,3,7-8H2,1-2H3. The van der Waals surface area contributed by atoms with Crippen molar-refractivity contribution in [2.45, 2.75) is 19.8 Å². The molecule has 1 amide bonds. The van der Waals surface area contributed by atoms with Gasteiger partial charge in [0.25, 0.3) is 5.91 Å². The van der Waals surface area contributed by atoms with Crippen LogP contribution in [0.2, 0.25) is 5.15 Å². The van der Waals surface area contributed by atoms with E-state index >= 15 is 0 Å². The fourth-order valence-electron chi connectivity index (χ4n) is 3.56. The van der Waals surface area contributed by atoms with Crippen LogP contribution in [0.15, 0.2) is 48.7 Å². The van der Waals surface area contributed by atoms with Gasteiger partial charge in [-0.1, -0.05) is 23.7 Å². The zero-order valence-electron chi connectivity index (χ0n) is 16.2.